The van der Waals surface area contributed by atoms with Crippen molar-refractivity contribution in [3.63, 3.8) is 0 Å². The molecule has 3 N–H and O–H groups in total. The van der Waals surface area contributed by atoms with Crippen molar-refractivity contribution in [3.05, 3.63) is 0 Å². The van der Waals surface area contributed by atoms with Crippen LogP contribution in [0.3, 0.4) is 0 Å². The standard InChI is InChI=1S/C12H24N2O2/c1-2-11(15)8-9-13-12(16)14-10-6-4-3-5-7-10/h10-11,15H,2-9H2,1H3,(H2,13,14,16). The first-order chi connectivity index (χ1) is 7.72. The molecule has 4 nitrogen and oxygen atoms in total. The number of urea groups is 1. The van der Waals surface area contributed by atoms with Crippen LogP contribution in [0.1, 0.15) is 51.9 Å². The summed E-state index contributed by atoms with van der Waals surface area (Å²) in [4.78, 5) is 11.5. The fourth-order valence-corrected chi connectivity index (χ4v) is 2.04. The largest absolute Gasteiger partial charge is 0.393 e. The van der Waals surface area contributed by atoms with Crippen LogP contribution in [-0.4, -0.2) is 29.8 Å². The molecule has 1 saturated carbocycles. The van der Waals surface area contributed by atoms with Gasteiger partial charge >= 0.3 is 6.03 Å². The number of rotatable bonds is 5. The number of carbonyl (C=O) groups is 1. The summed E-state index contributed by atoms with van der Waals surface area (Å²) in [7, 11) is 0. The zero-order chi connectivity index (χ0) is 11.8. The van der Waals surface area contributed by atoms with E-state index in [-0.39, 0.29) is 12.1 Å². The van der Waals surface area contributed by atoms with Crippen molar-refractivity contribution in [2.24, 2.45) is 0 Å². The summed E-state index contributed by atoms with van der Waals surface area (Å²) in [5.74, 6) is 0. The number of aliphatic hydroxyl groups is 1. The maximum Gasteiger partial charge on any atom is 0.315 e. The van der Waals surface area contributed by atoms with Crippen molar-refractivity contribution in [2.45, 2.75) is 64.0 Å². The highest BCUT2D eigenvalue weighted by Crippen LogP contribution is 2.17. The number of aliphatic hydroxyl groups excluding tert-OH is 1. The minimum Gasteiger partial charge on any atom is -0.393 e. The molecule has 94 valence electrons. The zero-order valence-electron chi connectivity index (χ0n) is 10.2. The first kappa shape index (κ1) is 13.3. The van der Waals surface area contributed by atoms with E-state index < -0.39 is 0 Å². The molecule has 0 bridgehead atoms. The van der Waals surface area contributed by atoms with Crippen LogP contribution in [0, 0.1) is 0 Å². The van der Waals surface area contributed by atoms with E-state index in [0.29, 0.717) is 19.0 Å². The third kappa shape index (κ3) is 5.35. The average Bonchev–Trinajstić information content (AvgIpc) is 2.30. The fourth-order valence-electron chi connectivity index (χ4n) is 2.04. The topological polar surface area (TPSA) is 61.4 Å². The molecule has 0 heterocycles. The van der Waals surface area contributed by atoms with Crippen LogP contribution in [0.5, 0.6) is 0 Å². The zero-order valence-corrected chi connectivity index (χ0v) is 10.2. The van der Waals surface area contributed by atoms with Gasteiger partial charge in [-0.1, -0.05) is 26.2 Å². The predicted octanol–water partition coefficient (Wildman–Crippen LogP) is 1.78. The second-order valence-corrected chi connectivity index (χ2v) is 4.59. The van der Waals surface area contributed by atoms with Gasteiger partial charge in [0.05, 0.1) is 6.10 Å². The fraction of sp³-hybridized carbons (Fsp3) is 0.917. The Labute approximate surface area is 97.8 Å². The summed E-state index contributed by atoms with van der Waals surface area (Å²) >= 11 is 0. The number of amides is 2. The van der Waals surface area contributed by atoms with Crippen LogP contribution in [-0.2, 0) is 0 Å². The molecule has 16 heavy (non-hydrogen) atoms. The molecule has 0 aliphatic heterocycles. The minimum absolute atomic E-state index is 0.0878. The Bertz CT molecular complexity index is 203. The van der Waals surface area contributed by atoms with E-state index in [2.05, 4.69) is 10.6 Å². The monoisotopic (exact) mass is 228 g/mol. The van der Waals surface area contributed by atoms with Crippen LogP contribution in [0.15, 0.2) is 0 Å². The molecular formula is C12H24N2O2. The second kappa shape index (κ2) is 7.49. The van der Waals surface area contributed by atoms with E-state index in [1.165, 1.54) is 19.3 Å². The van der Waals surface area contributed by atoms with Crippen molar-refractivity contribution in [3.8, 4) is 0 Å². The number of hydrogen-bond acceptors (Lipinski definition) is 2. The number of carbonyl (C=O) groups excluding carboxylic acids is 1. The summed E-state index contributed by atoms with van der Waals surface area (Å²) < 4.78 is 0. The predicted molar refractivity (Wildman–Crippen MR) is 64.3 cm³/mol. The lowest BCUT2D eigenvalue weighted by atomic mass is 9.96. The van der Waals surface area contributed by atoms with Crippen LogP contribution in [0.2, 0.25) is 0 Å². The molecule has 1 rings (SSSR count). The first-order valence-corrected chi connectivity index (χ1v) is 6.44. The molecule has 1 atom stereocenters. The van der Waals surface area contributed by atoms with Crippen molar-refractivity contribution in [1.82, 2.24) is 10.6 Å². The second-order valence-electron chi connectivity index (χ2n) is 4.59. The molecule has 4 heteroatoms. The summed E-state index contributed by atoms with van der Waals surface area (Å²) in [6.07, 6.45) is 7.02. The van der Waals surface area contributed by atoms with Crippen molar-refractivity contribution in [2.75, 3.05) is 6.54 Å². The van der Waals surface area contributed by atoms with E-state index in [4.69, 9.17) is 0 Å². The molecule has 0 aromatic heterocycles. The van der Waals surface area contributed by atoms with E-state index in [1.807, 2.05) is 6.92 Å². The maximum atomic E-state index is 11.5. The van der Waals surface area contributed by atoms with E-state index in [0.717, 1.165) is 19.3 Å². The van der Waals surface area contributed by atoms with Crippen LogP contribution >= 0.6 is 0 Å². The van der Waals surface area contributed by atoms with Crippen molar-refractivity contribution < 1.29 is 9.90 Å². The molecule has 1 aliphatic rings. The van der Waals surface area contributed by atoms with E-state index >= 15 is 0 Å². The van der Waals surface area contributed by atoms with Gasteiger partial charge in [-0.3, -0.25) is 0 Å². The quantitative estimate of drug-likeness (QED) is 0.671. The lowest BCUT2D eigenvalue weighted by Gasteiger charge is -2.23. The Morgan fingerprint density at radius 3 is 2.69 bits per heavy atom. The Kier molecular flexibility index (Phi) is 6.23. The third-order valence-electron chi connectivity index (χ3n) is 3.17. The maximum absolute atomic E-state index is 11.5. The molecule has 0 aromatic carbocycles. The van der Waals surface area contributed by atoms with Crippen molar-refractivity contribution >= 4 is 6.03 Å². The van der Waals surface area contributed by atoms with Crippen LogP contribution in [0.4, 0.5) is 4.79 Å². The normalized spacial score (nSPS) is 19.1. The summed E-state index contributed by atoms with van der Waals surface area (Å²) in [5, 5.41) is 15.1. The lowest BCUT2D eigenvalue weighted by Crippen LogP contribution is -2.43. The average molecular weight is 228 g/mol. The van der Waals surface area contributed by atoms with Gasteiger partial charge in [-0.05, 0) is 25.7 Å². The minimum atomic E-state index is -0.296. The SMILES string of the molecule is CCC(O)CCNC(=O)NC1CCCCC1. The van der Waals surface area contributed by atoms with E-state index in [1.54, 1.807) is 0 Å². The smallest absolute Gasteiger partial charge is 0.315 e. The molecule has 1 unspecified atom stereocenters. The molecule has 0 aromatic rings. The Balaban J connectivity index is 2.05. The molecule has 2 amide bonds. The van der Waals surface area contributed by atoms with Gasteiger partial charge in [0, 0.05) is 12.6 Å². The van der Waals surface area contributed by atoms with Crippen molar-refractivity contribution in [1.29, 1.82) is 0 Å². The van der Waals surface area contributed by atoms with Gasteiger partial charge in [0.2, 0.25) is 0 Å². The highest BCUT2D eigenvalue weighted by atomic mass is 16.3. The van der Waals surface area contributed by atoms with Gasteiger partial charge in [0.25, 0.3) is 0 Å². The summed E-state index contributed by atoms with van der Waals surface area (Å²) in [5.41, 5.74) is 0. The number of nitrogens with one attached hydrogen (secondary N) is 2. The Hall–Kier alpha value is -0.770. The van der Waals surface area contributed by atoms with Gasteiger partial charge in [0.1, 0.15) is 0 Å². The molecule has 0 spiro atoms. The Morgan fingerprint density at radius 2 is 2.06 bits per heavy atom. The molecule has 0 radical (unpaired) electrons. The van der Waals surface area contributed by atoms with Crippen LogP contribution in [0.25, 0.3) is 0 Å². The van der Waals surface area contributed by atoms with Crippen LogP contribution < -0.4 is 10.6 Å². The van der Waals surface area contributed by atoms with Gasteiger partial charge in [-0.2, -0.15) is 0 Å². The van der Waals surface area contributed by atoms with Gasteiger partial charge in [-0.25, -0.2) is 4.79 Å². The van der Waals surface area contributed by atoms with E-state index in [9.17, 15) is 9.90 Å². The Morgan fingerprint density at radius 1 is 1.38 bits per heavy atom. The lowest BCUT2D eigenvalue weighted by molar-refractivity contribution is 0.159. The molecular weight excluding hydrogens is 204 g/mol. The highest BCUT2D eigenvalue weighted by Gasteiger charge is 2.15. The summed E-state index contributed by atoms with van der Waals surface area (Å²) in [6.45, 7) is 2.49. The summed E-state index contributed by atoms with van der Waals surface area (Å²) in [6, 6.07) is 0.264. The molecule has 1 fully saturated rings. The van der Waals surface area contributed by atoms with Gasteiger partial charge in [0.15, 0.2) is 0 Å². The first-order valence-electron chi connectivity index (χ1n) is 6.44. The molecule has 0 saturated heterocycles. The number of hydrogen-bond donors (Lipinski definition) is 3. The highest BCUT2D eigenvalue weighted by molar-refractivity contribution is 5.74. The van der Waals surface area contributed by atoms with Gasteiger partial charge in [-0.15, -0.1) is 0 Å². The van der Waals surface area contributed by atoms with Gasteiger partial charge < -0.3 is 15.7 Å². The molecule has 1 aliphatic carbocycles. The third-order valence-corrected chi connectivity index (χ3v) is 3.17.